The SMILES string of the molecule is C[C@H](NC(=O)c1cc(-c2ccc(F)cc2)cc2scc(Cc3ccc4ccccc4c3F)c12)c1ccc(C(=O)O)cc1. The average molecular weight is 578 g/mol. The standard InChI is InChI=1S/C35H25F2NO3S/c1-20(21-6-9-24(10-7-21)35(40)41)38-34(39)30-17-26(22-12-14-28(36)15-13-22)18-31-32(30)27(19-42-31)16-25-11-8-23-4-2-3-5-29(23)33(25)37/h2-15,17-20H,16H2,1H3,(H,38,39)(H,40,41)/t20-/m0/s1. The van der Waals surface area contributed by atoms with Crippen LogP contribution < -0.4 is 5.32 Å². The second kappa shape index (κ2) is 11.2. The minimum atomic E-state index is -1.02. The fourth-order valence-electron chi connectivity index (χ4n) is 5.24. The third-order valence-electron chi connectivity index (χ3n) is 7.50. The Morgan fingerprint density at radius 2 is 1.60 bits per heavy atom. The van der Waals surface area contributed by atoms with Crippen LogP contribution in [-0.2, 0) is 6.42 Å². The molecular weight excluding hydrogens is 552 g/mol. The van der Waals surface area contributed by atoms with E-state index in [-0.39, 0.29) is 23.1 Å². The van der Waals surface area contributed by atoms with Gasteiger partial charge in [-0.25, -0.2) is 13.6 Å². The van der Waals surface area contributed by atoms with Crippen molar-refractivity contribution in [3.05, 3.63) is 142 Å². The zero-order valence-corrected chi connectivity index (χ0v) is 23.3. The third-order valence-corrected chi connectivity index (χ3v) is 8.48. The van der Waals surface area contributed by atoms with E-state index < -0.39 is 12.0 Å². The van der Waals surface area contributed by atoms with Gasteiger partial charge in [0.1, 0.15) is 11.6 Å². The van der Waals surface area contributed by atoms with Crippen LogP contribution in [0.3, 0.4) is 0 Å². The highest BCUT2D eigenvalue weighted by atomic mass is 32.1. The molecule has 0 saturated heterocycles. The number of hydrogen-bond acceptors (Lipinski definition) is 3. The molecule has 42 heavy (non-hydrogen) atoms. The lowest BCUT2D eigenvalue weighted by atomic mass is 9.94. The summed E-state index contributed by atoms with van der Waals surface area (Å²) in [5.74, 6) is -1.97. The molecule has 0 unspecified atom stereocenters. The van der Waals surface area contributed by atoms with Crippen molar-refractivity contribution in [2.24, 2.45) is 0 Å². The van der Waals surface area contributed by atoms with Gasteiger partial charge in [0.2, 0.25) is 0 Å². The smallest absolute Gasteiger partial charge is 0.335 e. The van der Waals surface area contributed by atoms with Crippen LogP contribution in [0.4, 0.5) is 8.78 Å². The molecule has 0 aliphatic heterocycles. The first-order valence-electron chi connectivity index (χ1n) is 13.4. The fraction of sp³-hybridized carbons (Fsp3) is 0.0857. The molecule has 0 saturated carbocycles. The lowest BCUT2D eigenvalue weighted by molar-refractivity contribution is 0.0696. The monoisotopic (exact) mass is 577 g/mol. The summed E-state index contributed by atoms with van der Waals surface area (Å²) in [5.41, 5.74) is 4.24. The molecule has 5 aromatic carbocycles. The van der Waals surface area contributed by atoms with Crippen LogP contribution >= 0.6 is 11.3 Å². The second-order valence-electron chi connectivity index (χ2n) is 10.2. The number of benzene rings is 5. The highest BCUT2D eigenvalue weighted by Gasteiger charge is 2.21. The molecule has 0 aliphatic rings. The van der Waals surface area contributed by atoms with Crippen molar-refractivity contribution in [1.82, 2.24) is 5.32 Å². The number of carbonyl (C=O) groups excluding carboxylic acids is 1. The van der Waals surface area contributed by atoms with Gasteiger partial charge < -0.3 is 10.4 Å². The van der Waals surface area contributed by atoms with Crippen LogP contribution in [0.15, 0.2) is 102 Å². The van der Waals surface area contributed by atoms with Gasteiger partial charge in [-0.05, 0) is 81.9 Å². The molecule has 0 aliphatic carbocycles. The lowest BCUT2D eigenvalue weighted by Crippen LogP contribution is -2.27. The number of fused-ring (bicyclic) bond motifs is 2. The molecule has 7 heteroatoms. The first kappa shape index (κ1) is 27.3. The zero-order chi connectivity index (χ0) is 29.4. The molecular formula is C35H25F2NO3S. The van der Waals surface area contributed by atoms with Crippen molar-refractivity contribution in [2.75, 3.05) is 0 Å². The third kappa shape index (κ3) is 5.27. The Morgan fingerprint density at radius 3 is 2.33 bits per heavy atom. The van der Waals surface area contributed by atoms with Crippen molar-refractivity contribution < 1.29 is 23.5 Å². The highest BCUT2D eigenvalue weighted by Crippen LogP contribution is 2.36. The van der Waals surface area contributed by atoms with Gasteiger partial charge >= 0.3 is 5.97 Å². The van der Waals surface area contributed by atoms with Gasteiger partial charge in [0.15, 0.2) is 0 Å². The maximum Gasteiger partial charge on any atom is 0.335 e. The maximum absolute atomic E-state index is 15.5. The summed E-state index contributed by atoms with van der Waals surface area (Å²) in [4.78, 5) is 25.1. The van der Waals surface area contributed by atoms with Crippen molar-refractivity contribution >= 4 is 44.1 Å². The molecule has 208 valence electrons. The Kier molecular flexibility index (Phi) is 7.27. The highest BCUT2D eigenvalue weighted by molar-refractivity contribution is 7.17. The summed E-state index contributed by atoms with van der Waals surface area (Å²) in [7, 11) is 0. The van der Waals surface area contributed by atoms with Crippen LogP contribution in [0.2, 0.25) is 0 Å². The van der Waals surface area contributed by atoms with E-state index in [0.29, 0.717) is 22.9 Å². The number of amides is 1. The average Bonchev–Trinajstić information content (AvgIpc) is 3.41. The van der Waals surface area contributed by atoms with Gasteiger partial charge in [-0.15, -0.1) is 11.3 Å². The van der Waals surface area contributed by atoms with Crippen LogP contribution in [0.1, 0.15) is 50.4 Å². The van der Waals surface area contributed by atoms with Gasteiger partial charge in [-0.2, -0.15) is 0 Å². The summed E-state index contributed by atoms with van der Waals surface area (Å²) in [5, 5.41) is 16.3. The largest absolute Gasteiger partial charge is 0.478 e. The van der Waals surface area contributed by atoms with Crippen LogP contribution in [0.5, 0.6) is 0 Å². The van der Waals surface area contributed by atoms with Crippen molar-refractivity contribution in [2.45, 2.75) is 19.4 Å². The van der Waals surface area contributed by atoms with Crippen molar-refractivity contribution in [3.8, 4) is 11.1 Å². The summed E-state index contributed by atoms with van der Waals surface area (Å²) in [6.07, 6.45) is 0.305. The molecule has 6 aromatic rings. The molecule has 1 heterocycles. The Hall–Kier alpha value is -4.88. The molecule has 2 N–H and O–H groups in total. The molecule has 0 radical (unpaired) electrons. The number of aromatic carboxylic acids is 1. The minimum absolute atomic E-state index is 0.162. The van der Waals surface area contributed by atoms with Crippen molar-refractivity contribution in [1.29, 1.82) is 0 Å². The molecule has 1 amide bonds. The van der Waals surface area contributed by atoms with E-state index in [1.165, 1.54) is 35.6 Å². The Balaban J connectivity index is 1.41. The van der Waals surface area contributed by atoms with E-state index >= 15 is 4.39 Å². The van der Waals surface area contributed by atoms with Crippen molar-refractivity contribution in [3.63, 3.8) is 0 Å². The van der Waals surface area contributed by atoms with E-state index in [2.05, 4.69) is 5.32 Å². The second-order valence-corrected chi connectivity index (χ2v) is 11.1. The Labute approximate surface area is 244 Å². The predicted octanol–water partition coefficient (Wildman–Crippen LogP) is 8.78. The molecule has 1 aromatic heterocycles. The molecule has 0 bridgehead atoms. The quantitative estimate of drug-likeness (QED) is 0.199. The first-order valence-corrected chi connectivity index (χ1v) is 14.3. The number of halogens is 2. The van der Waals surface area contributed by atoms with E-state index in [1.807, 2.05) is 42.6 Å². The summed E-state index contributed by atoms with van der Waals surface area (Å²) >= 11 is 1.47. The minimum Gasteiger partial charge on any atom is -0.478 e. The first-order chi connectivity index (χ1) is 20.3. The van der Waals surface area contributed by atoms with E-state index in [9.17, 15) is 19.1 Å². The molecule has 0 spiro atoms. The van der Waals surface area contributed by atoms with E-state index in [1.54, 1.807) is 42.5 Å². The van der Waals surface area contributed by atoms with Gasteiger partial charge in [-0.1, -0.05) is 60.7 Å². The Bertz CT molecular complexity index is 1960. The number of carboxylic acid groups (broad SMARTS) is 1. The lowest BCUT2D eigenvalue weighted by Gasteiger charge is -2.17. The summed E-state index contributed by atoms with van der Waals surface area (Å²) in [6.45, 7) is 1.83. The number of thiophene rings is 1. The van der Waals surface area contributed by atoms with E-state index in [4.69, 9.17) is 0 Å². The number of carbonyl (C=O) groups is 2. The predicted molar refractivity (Wildman–Crippen MR) is 163 cm³/mol. The Morgan fingerprint density at radius 1 is 0.857 bits per heavy atom. The summed E-state index contributed by atoms with van der Waals surface area (Å²) < 4.78 is 30.0. The van der Waals surface area contributed by atoms with Gasteiger partial charge in [-0.3, -0.25) is 4.79 Å². The topological polar surface area (TPSA) is 66.4 Å². The number of rotatable bonds is 7. The van der Waals surface area contributed by atoms with Gasteiger partial charge in [0.25, 0.3) is 5.91 Å². The van der Waals surface area contributed by atoms with E-state index in [0.717, 1.165) is 37.7 Å². The van der Waals surface area contributed by atoms with Crippen LogP contribution in [0, 0.1) is 11.6 Å². The molecule has 6 rings (SSSR count). The molecule has 0 fully saturated rings. The normalized spacial score (nSPS) is 12.0. The zero-order valence-electron chi connectivity index (χ0n) is 22.5. The van der Waals surface area contributed by atoms with Gasteiger partial charge in [0.05, 0.1) is 11.6 Å². The van der Waals surface area contributed by atoms with Crippen LogP contribution in [0.25, 0.3) is 32.0 Å². The van der Waals surface area contributed by atoms with Crippen LogP contribution in [-0.4, -0.2) is 17.0 Å². The van der Waals surface area contributed by atoms with Gasteiger partial charge in [0, 0.05) is 27.5 Å². The molecule has 4 nitrogen and oxygen atoms in total. The summed E-state index contributed by atoms with van der Waals surface area (Å²) in [6, 6.07) is 26.8. The molecule has 1 atom stereocenters. The number of hydrogen-bond donors (Lipinski definition) is 2. The number of nitrogens with one attached hydrogen (secondary N) is 1. The number of carboxylic acids is 1. The fourth-order valence-corrected chi connectivity index (χ4v) is 6.27. The maximum atomic E-state index is 15.5.